The van der Waals surface area contributed by atoms with Crippen molar-refractivity contribution in [1.82, 2.24) is 9.88 Å². The van der Waals surface area contributed by atoms with Gasteiger partial charge in [0.05, 0.1) is 16.3 Å². The first-order valence-corrected chi connectivity index (χ1v) is 11.1. The molecule has 0 N–H and O–H groups in total. The van der Waals surface area contributed by atoms with Gasteiger partial charge in [0.1, 0.15) is 5.52 Å². The van der Waals surface area contributed by atoms with Crippen LogP contribution in [0.3, 0.4) is 0 Å². The minimum atomic E-state index is -0.0966. The Balaban J connectivity index is 1.31. The molecule has 0 atom stereocenters. The van der Waals surface area contributed by atoms with E-state index in [-0.39, 0.29) is 5.91 Å². The fourth-order valence-electron chi connectivity index (χ4n) is 3.71. The fourth-order valence-corrected chi connectivity index (χ4v) is 5.02. The number of para-hydroxylation sites is 2. The average molecular weight is 442 g/mol. The molecule has 154 valence electrons. The number of furan rings is 1. The summed E-state index contributed by atoms with van der Waals surface area (Å²) in [4.78, 5) is 21.7. The van der Waals surface area contributed by atoms with Crippen LogP contribution >= 0.6 is 22.9 Å². The number of thiazole rings is 1. The number of benzene rings is 2. The number of carbonyl (C=O) groups is 1. The summed E-state index contributed by atoms with van der Waals surface area (Å²) in [5, 5.41) is 2.48. The van der Waals surface area contributed by atoms with E-state index in [1.165, 1.54) is 0 Å². The second-order valence-corrected chi connectivity index (χ2v) is 8.50. The molecule has 0 saturated carbocycles. The van der Waals surface area contributed by atoms with Gasteiger partial charge in [-0.2, -0.15) is 0 Å². The zero-order valence-electron chi connectivity index (χ0n) is 16.4. The highest BCUT2D eigenvalue weighted by atomic mass is 35.5. The summed E-state index contributed by atoms with van der Waals surface area (Å²) in [6, 6.07) is 13.3. The molecule has 1 amide bonds. The standard InChI is InChI=1S/C22H20ClN3O3S/c1-2-28-16-7-3-5-14-13-17(29-20(14)16)21(27)25-9-11-26(12-10-25)22-24-19-15(23)6-4-8-18(19)30-22/h3-8,13H,2,9-12H2,1H3. The molecule has 0 spiro atoms. The number of hydrogen-bond donors (Lipinski definition) is 0. The lowest BCUT2D eigenvalue weighted by Crippen LogP contribution is -2.48. The lowest BCUT2D eigenvalue weighted by atomic mass is 10.2. The summed E-state index contributed by atoms with van der Waals surface area (Å²) in [6.45, 7) is 5.12. The van der Waals surface area contributed by atoms with Crippen LogP contribution < -0.4 is 9.64 Å². The molecule has 0 unspecified atom stereocenters. The van der Waals surface area contributed by atoms with Gasteiger partial charge in [-0.15, -0.1) is 0 Å². The van der Waals surface area contributed by atoms with Gasteiger partial charge in [-0.05, 0) is 31.2 Å². The molecular formula is C22H20ClN3O3S. The molecule has 30 heavy (non-hydrogen) atoms. The number of nitrogens with zero attached hydrogens (tertiary/aromatic N) is 3. The molecule has 1 saturated heterocycles. The van der Waals surface area contributed by atoms with E-state index < -0.39 is 0 Å². The third-order valence-corrected chi connectivity index (χ3v) is 6.60. The summed E-state index contributed by atoms with van der Waals surface area (Å²) >= 11 is 7.89. The number of piperazine rings is 1. The van der Waals surface area contributed by atoms with Gasteiger partial charge in [0, 0.05) is 31.6 Å². The molecule has 3 heterocycles. The molecule has 2 aromatic heterocycles. The van der Waals surface area contributed by atoms with E-state index in [9.17, 15) is 4.79 Å². The van der Waals surface area contributed by atoms with E-state index in [0.29, 0.717) is 54.9 Å². The van der Waals surface area contributed by atoms with Crippen molar-refractivity contribution in [1.29, 1.82) is 0 Å². The molecule has 1 aliphatic rings. The zero-order chi connectivity index (χ0) is 20.7. The minimum Gasteiger partial charge on any atom is -0.490 e. The van der Waals surface area contributed by atoms with E-state index in [2.05, 4.69) is 4.90 Å². The molecule has 1 fully saturated rings. The van der Waals surface area contributed by atoms with Crippen molar-refractivity contribution < 1.29 is 13.9 Å². The Kier molecular flexibility index (Phi) is 5.00. The molecule has 5 rings (SSSR count). The maximum Gasteiger partial charge on any atom is 0.289 e. The molecule has 4 aromatic rings. The van der Waals surface area contributed by atoms with Gasteiger partial charge in [-0.1, -0.05) is 41.1 Å². The Morgan fingerprint density at radius 3 is 2.77 bits per heavy atom. The van der Waals surface area contributed by atoms with Gasteiger partial charge >= 0.3 is 0 Å². The van der Waals surface area contributed by atoms with E-state index in [0.717, 1.165) is 20.7 Å². The van der Waals surface area contributed by atoms with Gasteiger partial charge in [-0.25, -0.2) is 4.98 Å². The van der Waals surface area contributed by atoms with Crippen LogP contribution in [0.5, 0.6) is 5.75 Å². The van der Waals surface area contributed by atoms with Crippen molar-refractivity contribution >= 4 is 55.2 Å². The van der Waals surface area contributed by atoms with Crippen LogP contribution in [0.1, 0.15) is 17.5 Å². The lowest BCUT2D eigenvalue weighted by molar-refractivity contribution is 0.0717. The Morgan fingerprint density at radius 2 is 2.00 bits per heavy atom. The highest BCUT2D eigenvalue weighted by Gasteiger charge is 2.26. The number of hydrogen-bond acceptors (Lipinski definition) is 6. The average Bonchev–Trinajstić information content (AvgIpc) is 3.39. The topological polar surface area (TPSA) is 58.8 Å². The number of fused-ring (bicyclic) bond motifs is 2. The summed E-state index contributed by atoms with van der Waals surface area (Å²) in [6.07, 6.45) is 0. The predicted molar refractivity (Wildman–Crippen MR) is 120 cm³/mol. The highest BCUT2D eigenvalue weighted by molar-refractivity contribution is 7.22. The van der Waals surface area contributed by atoms with Crippen LogP contribution in [0.4, 0.5) is 5.13 Å². The van der Waals surface area contributed by atoms with E-state index in [4.69, 9.17) is 25.7 Å². The molecule has 8 heteroatoms. The maximum absolute atomic E-state index is 13.0. The first-order chi connectivity index (χ1) is 14.6. The van der Waals surface area contributed by atoms with Crippen molar-refractivity contribution in [2.75, 3.05) is 37.7 Å². The normalized spacial score (nSPS) is 14.6. The van der Waals surface area contributed by atoms with Crippen LogP contribution in [0, 0.1) is 0 Å². The first kappa shape index (κ1) is 19.2. The molecular weight excluding hydrogens is 422 g/mol. The van der Waals surface area contributed by atoms with Crippen molar-refractivity contribution in [3.63, 3.8) is 0 Å². The number of aromatic nitrogens is 1. The van der Waals surface area contributed by atoms with Crippen molar-refractivity contribution in [3.8, 4) is 5.75 Å². The predicted octanol–water partition coefficient (Wildman–Crippen LogP) is 5.06. The van der Waals surface area contributed by atoms with Crippen molar-refractivity contribution in [3.05, 3.63) is 53.2 Å². The maximum atomic E-state index is 13.0. The number of ether oxygens (including phenoxy) is 1. The third-order valence-electron chi connectivity index (χ3n) is 5.21. The molecule has 6 nitrogen and oxygen atoms in total. The van der Waals surface area contributed by atoms with Gasteiger partial charge in [-0.3, -0.25) is 4.79 Å². The van der Waals surface area contributed by atoms with Crippen LogP contribution in [0.15, 0.2) is 46.9 Å². The van der Waals surface area contributed by atoms with Gasteiger partial charge in [0.2, 0.25) is 0 Å². The summed E-state index contributed by atoms with van der Waals surface area (Å²) in [7, 11) is 0. The highest BCUT2D eigenvalue weighted by Crippen LogP contribution is 2.33. The Labute approximate surface area is 182 Å². The third kappa shape index (κ3) is 3.38. The number of anilines is 1. The zero-order valence-corrected chi connectivity index (χ0v) is 18.0. The summed E-state index contributed by atoms with van der Waals surface area (Å²) in [5.74, 6) is 0.909. The van der Waals surface area contributed by atoms with E-state index >= 15 is 0 Å². The smallest absolute Gasteiger partial charge is 0.289 e. The molecule has 2 aromatic carbocycles. The molecule has 0 radical (unpaired) electrons. The second-order valence-electron chi connectivity index (χ2n) is 7.08. The number of rotatable bonds is 4. The van der Waals surface area contributed by atoms with Crippen LogP contribution in [-0.4, -0.2) is 48.6 Å². The van der Waals surface area contributed by atoms with Crippen molar-refractivity contribution in [2.45, 2.75) is 6.92 Å². The quantitative estimate of drug-likeness (QED) is 0.443. The Hall–Kier alpha value is -2.77. The molecule has 0 aliphatic carbocycles. The summed E-state index contributed by atoms with van der Waals surface area (Å²) in [5.41, 5.74) is 1.46. The SMILES string of the molecule is CCOc1cccc2cc(C(=O)N3CCN(c4nc5c(Cl)cccc5s4)CC3)oc12. The van der Waals surface area contributed by atoms with Crippen molar-refractivity contribution in [2.24, 2.45) is 0 Å². The van der Waals surface area contributed by atoms with Crippen LogP contribution in [0.2, 0.25) is 5.02 Å². The lowest BCUT2D eigenvalue weighted by Gasteiger charge is -2.34. The van der Waals surface area contributed by atoms with E-state index in [1.54, 1.807) is 17.4 Å². The van der Waals surface area contributed by atoms with Crippen LogP contribution in [0.25, 0.3) is 21.2 Å². The second kappa shape index (κ2) is 7.81. The number of carbonyl (C=O) groups excluding carboxylic acids is 1. The van der Waals surface area contributed by atoms with Gasteiger partial charge in [0.25, 0.3) is 5.91 Å². The van der Waals surface area contributed by atoms with E-state index in [1.807, 2.05) is 48.2 Å². The van der Waals surface area contributed by atoms with Crippen LogP contribution in [-0.2, 0) is 0 Å². The van der Waals surface area contributed by atoms with Gasteiger partial charge in [0.15, 0.2) is 22.2 Å². The number of halogens is 1. The summed E-state index contributed by atoms with van der Waals surface area (Å²) < 4.78 is 12.6. The molecule has 0 bridgehead atoms. The fraction of sp³-hybridized carbons (Fsp3) is 0.273. The Bertz CT molecular complexity index is 1230. The molecule has 1 aliphatic heterocycles. The number of amides is 1. The first-order valence-electron chi connectivity index (χ1n) is 9.88. The largest absolute Gasteiger partial charge is 0.490 e. The Morgan fingerprint density at radius 1 is 1.20 bits per heavy atom. The minimum absolute atomic E-state index is 0.0966. The van der Waals surface area contributed by atoms with Gasteiger partial charge < -0.3 is 19.0 Å². The monoisotopic (exact) mass is 441 g/mol.